The molecule has 1 aliphatic rings. The van der Waals surface area contributed by atoms with Crippen molar-refractivity contribution in [1.82, 2.24) is 10.3 Å². The van der Waals surface area contributed by atoms with Crippen LogP contribution in [0.2, 0.25) is 0 Å². The number of rotatable bonds is 6. The summed E-state index contributed by atoms with van der Waals surface area (Å²) in [6.45, 7) is 6.51. The first-order valence-corrected chi connectivity index (χ1v) is 6.55. The predicted octanol–water partition coefficient (Wildman–Crippen LogP) is 2.89. The SMILES string of the molecule is CCCNCC1CC1(CC)c1ccc(F)cn1. The lowest BCUT2D eigenvalue weighted by atomic mass is 9.95. The molecule has 0 radical (unpaired) electrons. The van der Waals surface area contributed by atoms with Gasteiger partial charge < -0.3 is 5.32 Å². The Bertz CT molecular complexity index is 363. The van der Waals surface area contributed by atoms with Crippen molar-refractivity contribution in [3.05, 3.63) is 29.8 Å². The molecule has 0 aliphatic heterocycles. The third-order valence-corrected chi connectivity index (χ3v) is 3.92. The summed E-state index contributed by atoms with van der Waals surface area (Å²) in [4.78, 5) is 4.26. The maximum absolute atomic E-state index is 12.9. The molecule has 3 heteroatoms. The molecular weight excluding hydrogens is 215 g/mol. The van der Waals surface area contributed by atoms with Gasteiger partial charge in [0.1, 0.15) is 5.82 Å². The van der Waals surface area contributed by atoms with Gasteiger partial charge in [0.15, 0.2) is 0 Å². The summed E-state index contributed by atoms with van der Waals surface area (Å²) in [5.41, 5.74) is 1.26. The maximum Gasteiger partial charge on any atom is 0.141 e. The third-order valence-electron chi connectivity index (χ3n) is 3.92. The van der Waals surface area contributed by atoms with Crippen LogP contribution < -0.4 is 5.32 Å². The van der Waals surface area contributed by atoms with Crippen LogP contribution in [-0.2, 0) is 5.41 Å². The van der Waals surface area contributed by atoms with E-state index >= 15 is 0 Å². The first-order chi connectivity index (χ1) is 8.23. The molecule has 0 bridgehead atoms. The molecule has 2 rings (SSSR count). The molecule has 94 valence electrons. The Kier molecular flexibility index (Phi) is 3.77. The topological polar surface area (TPSA) is 24.9 Å². The van der Waals surface area contributed by atoms with Gasteiger partial charge in [-0.15, -0.1) is 0 Å². The average Bonchev–Trinajstić information content (AvgIpc) is 3.05. The Morgan fingerprint density at radius 3 is 2.88 bits per heavy atom. The van der Waals surface area contributed by atoms with E-state index in [0.29, 0.717) is 5.92 Å². The van der Waals surface area contributed by atoms with Crippen LogP contribution >= 0.6 is 0 Å². The molecule has 1 heterocycles. The Hall–Kier alpha value is -0.960. The number of hydrogen-bond acceptors (Lipinski definition) is 2. The molecule has 1 aliphatic carbocycles. The first kappa shape index (κ1) is 12.5. The summed E-state index contributed by atoms with van der Waals surface area (Å²) in [6.07, 6.45) is 4.77. The average molecular weight is 236 g/mol. The van der Waals surface area contributed by atoms with E-state index in [2.05, 4.69) is 24.1 Å². The molecule has 0 aromatic carbocycles. The number of halogens is 1. The lowest BCUT2D eigenvalue weighted by Gasteiger charge is -2.15. The molecule has 0 spiro atoms. The van der Waals surface area contributed by atoms with Gasteiger partial charge in [-0.1, -0.05) is 13.8 Å². The zero-order chi connectivity index (χ0) is 12.3. The van der Waals surface area contributed by atoms with Crippen molar-refractivity contribution in [3.8, 4) is 0 Å². The minimum absolute atomic E-state index is 0.203. The number of pyridine rings is 1. The third kappa shape index (κ3) is 2.49. The van der Waals surface area contributed by atoms with Crippen LogP contribution in [0.4, 0.5) is 4.39 Å². The van der Waals surface area contributed by atoms with Crippen molar-refractivity contribution in [2.75, 3.05) is 13.1 Å². The number of hydrogen-bond donors (Lipinski definition) is 1. The van der Waals surface area contributed by atoms with Crippen molar-refractivity contribution >= 4 is 0 Å². The Balaban J connectivity index is 2.00. The molecule has 1 aromatic rings. The van der Waals surface area contributed by atoms with E-state index in [0.717, 1.165) is 25.2 Å². The van der Waals surface area contributed by atoms with Gasteiger partial charge in [-0.2, -0.15) is 0 Å². The standard InChI is InChI=1S/C14H21FN2/c1-3-7-16-9-11-8-14(11,4-2)13-6-5-12(15)10-17-13/h5-6,10-11,16H,3-4,7-9H2,1-2H3. The first-order valence-electron chi connectivity index (χ1n) is 6.55. The number of aromatic nitrogens is 1. The van der Waals surface area contributed by atoms with Gasteiger partial charge in [0.2, 0.25) is 0 Å². The van der Waals surface area contributed by atoms with Crippen LogP contribution in [-0.4, -0.2) is 18.1 Å². The molecule has 17 heavy (non-hydrogen) atoms. The quantitative estimate of drug-likeness (QED) is 0.768. The van der Waals surface area contributed by atoms with Crippen LogP contribution in [0.3, 0.4) is 0 Å². The lowest BCUT2D eigenvalue weighted by molar-refractivity contribution is 0.524. The second-order valence-electron chi connectivity index (χ2n) is 4.98. The monoisotopic (exact) mass is 236 g/mol. The van der Waals surface area contributed by atoms with E-state index in [9.17, 15) is 4.39 Å². The second kappa shape index (κ2) is 5.13. The molecule has 2 atom stereocenters. The maximum atomic E-state index is 12.9. The summed E-state index contributed by atoms with van der Waals surface area (Å²) in [7, 11) is 0. The number of nitrogens with one attached hydrogen (secondary N) is 1. The molecule has 1 aromatic heterocycles. The molecule has 1 saturated carbocycles. The Labute approximate surface area is 103 Å². The van der Waals surface area contributed by atoms with E-state index in [1.54, 1.807) is 0 Å². The fourth-order valence-corrected chi connectivity index (χ4v) is 2.70. The van der Waals surface area contributed by atoms with Gasteiger partial charge in [-0.25, -0.2) is 4.39 Å². The Morgan fingerprint density at radius 2 is 2.29 bits per heavy atom. The smallest absolute Gasteiger partial charge is 0.141 e. The van der Waals surface area contributed by atoms with Crippen LogP contribution in [0.25, 0.3) is 0 Å². The van der Waals surface area contributed by atoms with Crippen molar-refractivity contribution in [1.29, 1.82) is 0 Å². The predicted molar refractivity (Wildman–Crippen MR) is 67.4 cm³/mol. The molecule has 0 saturated heterocycles. The number of nitrogens with zero attached hydrogens (tertiary/aromatic N) is 1. The van der Waals surface area contributed by atoms with Crippen molar-refractivity contribution < 1.29 is 4.39 Å². The summed E-state index contributed by atoms with van der Waals surface area (Å²) in [6, 6.07) is 3.37. The minimum atomic E-state index is -0.249. The highest BCUT2D eigenvalue weighted by molar-refractivity contribution is 5.28. The van der Waals surface area contributed by atoms with Crippen LogP contribution in [0, 0.1) is 11.7 Å². The molecule has 0 amide bonds. The van der Waals surface area contributed by atoms with Crippen LogP contribution in [0.15, 0.2) is 18.3 Å². The summed E-state index contributed by atoms with van der Waals surface area (Å²) in [5.74, 6) is 0.415. The second-order valence-corrected chi connectivity index (χ2v) is 4.98. The van der Waals surface area contributed by atoms with E-state index in [-0.39, 0.29) is 11.2 Å². The van der Waals surface area contributed by atoms with Crippen molar-refractivity contribution in [3.63, 3.8) is 0 Å². The van der Waals surface area contributed by atoms with E-state index in [4.69, 9.17) is 0 Å². The van der Waals surface area contributed by atoms with Crippen molar-refractivity contribution in [2.45, 2.75) is 38.5 Å². The van der Waals surface area contributed by atoms with Crippen LogP contribution in [0.5, 0.6) is 0 Å². The van der Waals surface area contributed by atoms with E-state index in [1.807, 2.05) is 6.07 Å². The molecule has 2 nitrogen and oxygen atoms in total. The zero-order valence-electron chi connectivity index (χ0n) is 10.7. The van der Waals surface area contributed by atoms with Gasteiger partial charge in [0.25, 0.3) is 0 Å². The highest BCUT2D eigenvalue weighted by atomic mass is 19.1. The van der Waals surface area contributed by atoms with Gasteiger partial charge >= 0.3 is 0 Å². The van der Waals surface area contributed by atoms with Gasteiger partial charge in [0, 0.05) is 11.1 Å². The molecule has 2 unspecified atom stereocenters. The van der Waals surface area contributed by atoms with Gasteiger partial charge in [0.05, 0.1) is 6.20 Å². The van der Waals surface area contributed by atoms with E-state index in [1.165, 1.54) is 25.1 Å². The van der Waals surface area contributed by atoms with Crippen LogP contribution in [0.1, 0.15) is 38.8 Å². The minimum Gasteiger partial charge on any atom is -0.316 e. The summed E-state index contributed by atoms with van der Waals surface area (Å²) < 4.78 is 12.9. The molecular formula is C14H21FN2. The highest BCUT2D eigenvalue weighted by Crippen LogP contribution is 2.55. The Morgan fingerprint density at radius 1 is 1.47 bits per heavy atom. The van der Waals surface area contributed by atoms with Crippen molar-refractivity contribution in [2.24, 2.45) is 5.92 Å². The fourth-order valence-electron chi connectivity index (χ4n) is 2.70. The van der Waals surface area contributed by atoms with Gasteiger partial charge in [-0.3, -0.25) is 4.98 Å². The lowest BCUT2D eigenvalue weighted by Crippen LogP contribution is -2.22. The fraction of sp³-hybridized carbons (Fsp3) is 0.643. The van der Waals surface area contributed by atoms with Gasteiger partial charge in [-0.05, 0) is 50.4 Å². The zero-order valence-corrected chi connectivity index (χ0v) is 10.7. The molecule has 1 fully saturated rings. The largest absolute Gasteiger partial charge is 0.316 e. The summed E-state index contributed by atoms with van der Waals surface area (Å²) >= 11 is 0. The highest BCUT2D eigenvalue weighted by Gasteiger charge is 2.54. The molecule has 1 N–H and O–H groups in total. The van der Waals surface area contributed by atoms with E-state index < -0.39 is 0 Å². The summed E-state index contributed by atoms with van der Waals surface area (Å²) in [5, 5.41) is 3.47. The normalized spacial score (nSPS) is 27.1.